The van der Waals surface area contributed by atoms with Crippen molar-refractivity contribution < 1.29 is 13.0 Å². The maximum Gasteiger partial charge on any atom is 0.0946 e. The van der Waals surface area contributed by atoms with Crippen LogP contribution >= 0.6 is 0 Å². The summed E-state index contributed by atoms with van der Waals surface area (Å²) in [5.41, 5.74) is 0. The molecule has 0 aromatic rings. The summed E-state index contributed by atoms with van der Waals surface area (Å²) < 4.78 is 30.7. The molecule has 0 radical (unpaired) electrons. The van der Waals surface area contributed by atoms with E-state index in [4.69, 9.17) is 0 Å². The van der Waals surface area contributed by atoms with E-state index in [0.29, 0.717) is 12.3 Å². The Morgan fingerprint density at radius 3 is 2.27 bits per heavy atom. The molecule has 0 amide bonds. The highest BCUT2D eigenvalue weighted by molar-refractivity contribution is 7.85. The Morgan fingerprint density at radius 2 is 1.82 bits per heavy atom. The van der Waals surface area contributed by atoms with Crippen LogP contribution in [0.3, 0.4) is 0 Å². The van der Waals surface area contributed by atoms with Crippen molar-refractivity contribution in [2.24, 2.45) is 5.92 Å². The van der Waals surface area contributed by atoms with Gasteiger partial charge in [-0.05, 0) is 12.3 Å². The standard InChI is InChI=1S/C7H14O3S/c8-11(9,10)6-5-7-3-1-2-4-7/h7H,1-6H2,(H,8,9,10)/p-1. The summed E-state index contributed by atoms with van der Waals surface area (Å²) in [7, 11) is -3.96. The Balaban J connectivity index is 2.22. The fourth-order valence-corrected chi connectivity index (χ4v) is 2.23. The molecule has 4 heteroatoms. The van der Waals surface area contributed by atoms with Crippen LogP contribution in [-0.2, 0) is 10.1 Å². The van der Waals surface area contributed by atoms with Crippen LogP contribution in [0.4, 0.5) is 0 Å². The minimum absolute atomic E-state index is 0.169. The summed E-state index contributed by atoms with van der Waals surface area (Å²) in [4.78, 5) is 0. The van der Waals surface area contributed by atoms with E-state index in [-0.39, 0.29) is 5.75 Å². The predicted molar refractivity (Wildman–Crippen MR) is 41.1 cm³/mol. The Morgan fingerprint density at radius 1 is 1.27 bits per heavy atom. The molecule has 0 spiro atoms. The molecular weight excluding hydrogens is 164 g/mol. The third-order valence-electron chi connectivity index (χ3n) is 2.25. The lowest BCUT2D eigenvalue weighted by molar-refractivity contribution is 0.448. The highest BCUT2D eigenvalue weighted by Crippen LogP contribution is 2.27. The minimum atomic E-state index is -3.96. The van der Waals surface area contributed by atoms with Crippen molar-refractivity contribution in [2.75, 3.05) is 5.75 Å². The molecule has 11 heavy (non-hydrogen) atoms. The molecule has 3 nitrogen and oxygen atoms in total. The molecular formula is C7H13O3S-. The second-order valence-electron chi connectivity index (χ2n) is 3.20. The first-order valence-electron chi connectivity index (χ1n) is 4.01. The van der Waals surface area contributed by atoms with Crippen molar-refractivity contribution >= 4 is 10.1 Å². The summed E-state index contributed by atoms with van der Waals surface area (Å²) >= 11 is 0. The Labute approximate surface area is 67.6 Å². The molecule has 66 valence electrons. The molecule has 0 aromatic carbocycles. The fraction of sp³-hybridized carbons (Fsp3) is 1.00. The maximum atomic E-state index is 10.2. The second-order valence-corrected chi connectivity index (χ2v) is 4.72. The van der Waals surface area contributed by atoms with Crippen LogP contribution in [0.15, 0.2) is 0 Å². The highest BCUT2D eigenvalue weighted by atomic mass is 32.2. The second kappa shape index (κ2) is 3.54. The summed E-state index contributed by atoms with van der Waals surface area (Å²) in [5.74, 6) is 0.330. The van der Waals surface area contributed by atoms with Gasteiger partial charge in [0.15, 0.2) is 0 Å². The first kappa shape index (κ1) is 9.00. The smallest absolute Gasteiger partial charge is 0.0946 e. The van der Waals surface area contributed by atoms with Crippen molar-refractivity contribution in [3.05, 3.63) is 0 Å². The van der Waals surface area contributed by atoms with Crippen LogP contribution in [0.5, 0.6) is 0 Å². The van der Waals surface area contributed by atoms with Gasteiger partial charge < -0.3 is 4.55 Å². The van der Waals surface area contributed by atoms with Gasteiger partial charge in [-0.15, -0.1) is 0 Å². The third-order valence-corrected chi connectivity index (χ3v) is 2.99. The maximum absolute atomic E-state index is 10.2. The SMILES string of the molecule is O=S(=O)([O-])CCC1CCCC1. The molecule has 0 heterocycles. The van der Waals surface area contributed by atoms with E-state index in [1.807, 2.05) is 0 Å². The van der Waals surface area contributed by atoms with Crippen molar-refractivity contribution in [1.82, 2.24) is 0 Å². The average Bonchev–Trinajstić information content (AvgIpc) is 2.32. The molecule has 0 unspecified atom stereocenters. The average molecular weight is 177 g/mol. The number of hydrogen-bond donors (Lipinski definition) is 0. The van der Waals surface area contributed by atoms with Gasteiger partial charge in [0.1, 0.15) is 0 Å². The molecule has 0 atom stereocenters. The van der Waals surface area contributed by atoms with E-state index < -0.39 is 10.1 Å². The fourth-order valence-electron chi connectivity index (χ4n) is 1.61. The summed E-state index contributed by atoms with van der Waals surface area (Å²) in [6, 6.07) is 0. The summed E-state index contributed by atoms with van der Waals surface area (Å²) in [6.07, 6.45) is 5.18. The molecule has 1 aliphatic rings. The summed E-state index contributed by atoms with van der Waals surface area (Å²) in [5, 5.41) is 0. The number of hydrogen-bond acceptors (Lipinski definition) is 3. The Kier molecular flexibility index (Phi) is 2.90. The van der Waals surface area contributed by atoms with Gasteiger partial charge in [0.05, 0.1) is 10.1 Å². The lowest BCUT2D eigenvalue weighted by Gasteiger charge is -2.10. The zero-order valence-electron chi connectivity index (χ0n) is 6.45. The molecule has 0 aromatic heterocycles. The Hall–Kier alpha value is -0.0900. The molecule has 0 saturated heterocycles. The largest absolute Gasteiger partial charge is 0.748 e. The van der Waals surface area contributed by atoms with Crippen molar-refractivity contribution in [2.45, 2.75) is 32.1 Å². The van der Waals surface area contributed by atoms with Gasteiger partial charge in [0.25, 0.3) is 0 Å². The molecule has 1 saturated carbocycles. The van der Waals surface area contributed by atoms with Crippen LogP contribution in [0.2, 0.25) is 0 Å². The normalized spacial score (nSPS) is 20.8. The quantitative estimate of drug-likeness (QED) is 0.607. The van der Waals surface area contributed by atoms with Crippen LogP contribution in [-0.4, -0.2) is 18.7 Å². The van der Waals surface area contributed by atoms with E-state index in [2.05, 4.69) is 0 Å². The lowest BCUT2D eigenvalue weighted by Crippen LogP contribution is -2.08. The van der Waals surface area contributed by atoms with E-state index in [9.17, 15) is 13.0 Å². The monoisotopic (exact) mass is 177 g/mol. The van der Waals surface area contributed by atoms with Gasteiger partial charge in [0, 0.05) is 5.75 Å². The van der Waals surface area contributed by atoms with Crippen molar-refractivity contribution in [3.8, 4) is 0 Å². The van der Waals surface area contributed by atoms with E-state index in [1.54, 1.807) is 0 Å². The van der Waals surface area contributed by atoms with Gasteiger partial charge >= 0.3 is 0 Å². The molecule has 1 fully saturated rings. The van der Waals surface area contributed by atoms with Gasteiger partial charge in [-0.25, -0.2) is 8.42 Å². The predicted octanol–water partition coefficient (Wildman–Crippen LogP) is 1.11. The van der Waals surface area contributed by atoms with Crippen LogP contribution < -0.4 is 0 Å². The Bertz CT molecular complexity index is 202. The van der Waals surface area contributed by atoms with Gasteiger partial charge in [-0.2, -0.15) is 0 Å². The molecule has 0 N–H and O–H groups in total. The lowest BCUT2D eigenvalue weighted by atomic mass is 10.1. The topological polar surface area (TPSA) is 57.2 Å². The molecule has 0 aliphatic heterocycles. The van der Waals surface area contributed by atoms with Crippen LogP contribution in [0.25, 0.3) is 0 Å². The molecule has 0 bridgehead atoms. The van der Waals surface area contributed by atoms with E-state index >= 15 is 0 Å². The third kappa shape index (κ3) is 3.72. The van der Waals surface area contributed by atoms with E-state index in [1.165, 1.54) is 12.8 Å². The van der Waals surface area contributed by atoms with E-state index in [0.717, 1.165) is 12.8 Å². The van der Waals surface area contributed by atoms with Gasteiger partial charge in [-0.3, -0.25) is 0 Å². The minimum Gasteiger partial charge on any atom is -0.748 e. The van der Waals surface area contributed by atoms with Gasteiger partial charge in [0.2, 0.25) is 0 Å². The van der Waals surface area contributed by atoms with Crippen molar-refractivity contribution in [1.29, 1.82) is 0 Å². The van der Waals surface area contributed by atoms with Crippen molar-refractivity contribution in [3.63, 3.8) is 0 Å². The first-order chi connectivity index (χ1) is 5.08. The molecule has 1 aliphatic carbocycles. The summed E-state index contributed by atoms with van der Waals surface area (Å²) in [6.45, 7) is 0. The zero-order chi connectivity index (χ0) is 8.32. The van der Waals surface area contributed by atoms with Gasteiger partial charge in [-0.1, -0.05) is 25.7 Å². The molecule has 1 rings (SSSR count). The number of rotatable bonds is 3. The highest BCUT2D eigenvalue weighted by Gasteiger charge is 2.15. The first-order valence-corrected chi connectivity index (χ1v) is 5.59. The van der Waals surface area contributed by atoms with Crippen LogP contribution in [0.1, 0.15) is 32.1 Å². The zero-order valence-corrected chi connectivity index (χ0v) is 7.27. The van der Waals surface area contributed by atoms with Crippen LogP contribution in [0, 0.1) is 5.92 Å².